The lowest BCUT2D eigenvalue weighted by molar-refractivity contribution is 0.494. The molecular weight excluding hydrogens is 165 g/mol. The van der Waals surface area contributed by atoms with Crippen molar-refractivity contribution in [1.29, 1.82) is 0 Å². The van der Waals surface area contributed by atoms with Crippen molar-refractivity contribution < 1.29 is 13.2 Å². The maximum Gasteiger partial charge on any atom is 0.161 e. The average molecular weight is 170 g/mol. The molecule has 1 rings (SSSR count). The van der Waals surface area contributed by atoms with Gasteiger partial charge in [0, 0.05) is 6.07 Å². The van der Waals surface area contributed by atoms with Gasteiger partial charge in [-0.25, -0.2) is 13.2 Å². The highest BCUT2D eigenvalue weighted by molar-refractivity contribution is 5.35. The van der Waals surface area contributed by atoms with E-state index in [9.17, 15) is 13.2 Å². The van der Waals surface area contributed by atoms with Crippen LogP contribution in [0.2, 0.25) is 0 Å². The third kappa shape index (κ3) is 1.59. The summed E-state index contributed by atoms with van der Waals surface area (Å²) in [6.45, 7) is 1.49. The summed E-state index contributed by atoms with van der Waals surface area (Å²) in [6.07, 6.45) is 0. The van der Waals surface area contributed by atoms with Crippen LogP contribution < -0.4 is 0 Å². The Bertz CT molecular complexity index is 358. The molecule has 62 valence electrons. The van der Waals surface area contributed by atoms with Crippen molar-refractivity contribution in [3.05, 3.63) is 35.1 Å². The van der Waals surface area contributed by atoms with E-state index in [0.29, 0.717) is 6.07 Å². The number of rotatable bonds is 0. The van der Waals surface area contributed by atoms with Crippen LogP contribution in [0, 0.1) is 29.3 Å². The molecule has 0 spiro atoms. The minimum Gasteiger partial charge on any atom is -0.206 e. The van der Waals surface area contributed by atoms with Crippen molar-refractivity contribution >= 4 is 0 Å². The second kappa shape index (κ2) is 3.31. The second-order valence-corrected chi connectivity index (χ2v) is 2.12. The summed E-state index contributed by atoms with van der Waals surface area (Å²) >= 11 is 0. The highest BCUT2D eigenvalue weighted by atomic mass is 19.2. The Morgan fingerprint density at radius 2 is 1.58 bits per heavy atom. The van der Waals surface area contributed by atoms with Gasteiger partial charge in [0.25, 0.3) is 0 Å². The van der Waals surface area contributed by atoms with Crippen molar-refractivity contribution in [2.24, 2.45) is 0 Å². The maximum atomic E-state index is 12.7. The number of hydrogen-bond acceptors (Lipinski definition) is 0. The summed E-state index contributed by atoms with van der Waals surface area (Å²) in [7, 11) is 0. The topological polar surface area (TPSA) is 0 Å². The van der Waals surface area contributed by atoms with Crippen LogP contribution in [0.3, 0.4) is 0 Å². The van der Waals surface area contributed by atoms with E-state index in [0.717, 1.165) is 6.07 Å². The van der Waals surface area contributed by atoms with Crippen LogP contribution in [0.4, 0.5) is 13.2 Å². The summed E-state index contributed by atoms with van der Waals surface area (Å²) in [4.78, 5) is 0. The zero-order chi connectivity index (χ0) is 9.14. The fourth-order valence-electron chi connectivity index (χ4n) is 0.753. The highest BCUT2D eigenvalue weighted by Gasteiger charge is 2.06. The molecule has 3 heteroatoms. The first-order valence-corrected chi connectivity index (χ1v) is 3.22. The predicted octanol–water partition coefficient (Wildman–Crippen LogP) is 2.48. The molecule has 0 fully saturated rings. The average Bonchev–Trinajstić information content (AvgIpc) is 2.01. The standard InChI is InChI=1S/C9H5F3/c1-2-3-6-4-8(11)9(12)5-7(6)10/h4-5H,1H3. The minimum atomic E-state index is -1.20. The summed E-state index contributed by atoms with van der Waals surface area (Å²) in [6, 6.07) is 1.22. The van der Waals surface area contributed by atoms with Crippen molar-refractivity contribution in [2.75, 3.05) is 0 Å². The van der Waals surface area contributed by atoms with Gasteiger partial charge in [-0.1, -0.05) is 5.92 Å². The molecule has 1 aromatic carbocycles. The fraction of sp³-hybridized carbons (Fsp3) is 0.111. The molecular formula is C9H5F3. The van der Waals surface area contributed by atoms with E-state index in [4.69, 9.17) is 0 Å². The van der Waals surface area contributed by atoms with Crippen LogP contribution in [-0.2, 0) is 0 Å². The van der Waals surface area contributed by atoms with Crippen LogP contribution in [0.1, 0.15) is 12.5 Å². The van der Waals surface area contributed by atoms with Crippen molar-refractivity contribution in [3.63, 3.8) is 0 Å². The predicted molar refractivity (Wildman–Crippen MR) is 38.9 cm³/mol. The molecule has 0 saturated carbocycles. The lowest BCUT2D eigenvalue weighted by Crippen LogP contribution is -1.90. The van der Waals surface area contributed by atoms with Gasteiger partial charge in [0.15, 0.2) is 11.6 Å². The normalized spacial score (nSPS) is 9.00. The van der Waals surface area contributed by atoms with E-state index >= 15 is 0 Å². The molecule has 12 heavy (non-hydrogen) atoms. The second-order valence-electron chi connectivity index (χ2n) is 2.12. The third-order valence-corrected chi connectivity index (χ3v) is 1.27. The number of halogens is 3. The maximum absolute atomic E-state index is 12.7. The fourth-order valence-corrected chi connectivity index (χ4v) is 0.753. The third-order valence-electron chi connectivity index (χ3n) is 1.27. The molecule has 0 aliphatic rings. The lowest BCUT2D eigenvalue weighted by atomic mass is 10.2. The Morgan fingerprint density at radius 3 is 2.17 bits per heavy atom. The van der Waals surface area contributed by atoms with Gasteiger partial charge >= 0.3 is 0 Å². The SMILES string of the molecule is CC#Cc1cc(F)c(F)cc1F. The minimum absolute atomic E-state index is 0.128. The largest absolute Gasteiger partial charge is 0.206 e. The van der Waals surface area contributed by atoms with Gasteiger partial charge in [-0.05, 0) is 13.0 Å². The van der Waals surface area contributed by atoms with E-state index < -0.39 is 17.5 Å². The summed E-state index contributed by atoms with van der Waals surface area (Å²) in [5, 5.41) is 0. The summed E-state index contributed by atoms with van der Waals surface area (Å²) in [5.41, 5.74) is -0.128. The Balaban J connectivity index is 3.29. The summed E-state index contributed by atoms with van der Waals surface area (Å²) in [5.74, 6) is 1.57. The van der Waals surface area contributed by atoms with Crippen molar-refractivity contribution in [1.82, 2.24) is 0 Å². The molecule has 0 heterocycles. The van der Waals surface area contributed by atoms with Gasteiger partial charge in [-0.2, -0.15) is 0 Å². The molecule has 0 N–H and O–H groups in total. The molecule has 0 aromatic heterocycles. The van der Waals surface area contributed by atoms with E-state index in [2.05, 4.69) is 11.8 Å². The van der Waals surface area contributed by atoms with Gasteiger partial charge < -0.3 is 0 Å². The number of hydrogen-bond donors (Lipinski definition) is 0. The van der Waals surface area contributed by atoms with E-state index in [1.807, 2.05) is 0 Å². The summed E-state index contributed by atoms with van der Waals surface area (Å²) < 4.78 is 37.5. The molecule has 0 bridgehead atoms. The molecule has 0 atom stereocenters. The Hall–Kier alpha value is -1.43. The quantitative estimate of drug-likeness (QED) is 0.414. The van der Waals surface area contributed by atoms with Crippen LogP contribution in [0.5, 0.6) is 0 Å². The zero-order valence-electron chi connectivity index (χ0n) is 6.29. The molecule has 0 aliphatic carbocycles. The van der Waals surface area contributed by atoms with Gasteiger partial charge in [0.1, 0.15) is 5.82 Å². The first kappa shape index (κ1) is 8.66. The van der Waals surface area contributed by atoms with Crippen LogP contribution in [0.25, 0.3) is 0 Å². The molecule has 0 saturated heterocycles. The van der Waals surface area contributed by atoms with Gasteiger partial charge in [0.05, 0.1) is 5.56 Å². The van der Waals surface area contributed by atoms with Crippen LogP contribution in [-0.4, -0.2) is 0 Å². The Kier molecular flexibility index (Phi) is 2.39. The monoisotopic (exact) mass is 170 g/mol. The number of benzene rings is 1. The van der Waals surface area contributed by atoms with Gasteiger partial charge in [-0.3, -0.25) is 0 Å². The molecule has 0 radical (unpaired) electrons. The van der Waals surface area contributed by atoms with Crippen LogP contribution >= 0.6 is 0 Å². The van der Waals surface area contributed by atoms with Gasteiger partial charge in [0.2, 0.25) is 0 Å². The molecule has 0 nitrogen and oxygen atoms in total. The van der Waals surface area contributed by atoms with E-state index in [-0.39, 0.29) is 5.56 Å². The molecule has 0 unspecified atom stereocenters. The first-order valence-electron chi connectivity index (χ1n) is 3.22. The van der Waals surface area contributed by atoms with E-state index in [1.165, 1.54) is 6.92 Å². The lowest BCUT2D eigenvalue weighted by Gasteiger charge is -1.95. The zero-order valence-corrected chi connectivity index (χ0v) is 6.29. The molecule has 1 aromatic rings. The smallest absolute Gasteiger partial charge is 0.161 e. The van der Waals surface area contributed by atoms with Gasteiger partial charge in [-0.15, -0.1) is 5.92 Å². The van der Waals surface area contributed by atoms with Crippen LogP contribution in [0.15, 0.2) is 12.1 Å². The Morgan fingerprint density at radius 1 is 1.00 bits per heavy atom. The first-order chi connectivity index (χ1) is 5.65. The van der Waals surface area contributed by atoms with Crippen molar-refractivity contribution in [2.45, 2.75) is 6.92 Å². The molecule has 0 amide bonds. The van der Waals surface area contributed by atoms with E-state index in [1.54, 1.807) is 0 Å². The highest BCUT2D eigenvalue weighted by Crippen LogP contribution is 2.12. The van der Waals surface area contributed by atoms with Crippen molar-refractivity contribution in [3.8, 4) is 11.8 Å². The molecule has 0 aliphatic heterocycles. The Labute approximate surface area is 68.0 Å².